The van der Waals surface area contributed by atoms with Crippen LogP contribution in [0.15, 0.2) is 18.2 Å². The van der Waals surface area contributed by atoms with Crippen molar-refractivity contribution in [2.24, 2.45) is 11.7 Å². The highest BCUT2D eigenvalue weighted by Gasteiger charge is 2.13. The summed E-state index contributed by atoms with van der Waals surface area (Å²) >= 11 is 0. The van der Waals surface area contributed by atoms with E-state index in [1.807, 2.05) is 25.1 Å². The first-order valence-electron chi connectivity index (χ1n) is 6.10. The van der Waals surface area contributed by atoms with E-state index in [0.29, 0.717) is 5.92 Å². The summed E-state index contributed by atoms with van der Waals surface area (Å²) in [5, 5.41) is 3.30. The molecule has 1 aromatic heterocycles. The summed E-state index contributed by atoms with van der Waals surface area (Å²) in [6, 6.07) is 6.18. The highest BCUT2D eigenvalue weighted by Crippen LogP contribution is 2.12. The van der Waals surface area contributed by atoms with Crippen molar-refractivity contribution in [3.05, 3.63) is 23.9 Å². The highest BCUT2D eigenvalue weighted by atomic mass is 15.0. The number of pyridine rings is 1. The predicted molar refractivity (Wildman–Crippen MR) is 69.5 cm³/mol. The van der Waals surface area contributed by atoms with Crippen LogP contribution in [0.3, 0.4) is 0 Å². The van der Waals surface area contributed by atoms with Gasteiger partial charge in [-0.1, -0.05) is 32.8 Å². The standard InChI is InChI=1S/C13H23N3/c1-4-11(5-2)12(14)9-15-13-8-6-7-10(3)16-13/h6-8,11-12H,4-5,9,14H2,1-3H3,(H,15,16). The molecule has 0 spiro atoms. The Labute approximate surface area is 98.5 Å². The van der Waals surface area contributed by atoms with Gasteiger partial charge in [-0.3, -0.25) is 0 Å². The molecule has 90 valence electrons. The second kappa shape index (κ2) is 6.48. The summed E-state index contributed by atoms with van der Waals surface area (Å²) in [6.45, 7) is 7.17. The number of anilines is 1. The summed E-state index contributed by atoms with van der Waals surface area (Å²) in [5.41, 5.74) is 7.16. The minimum atomic E-state index is 0.206. The molecule has 0 aliphatic heterocycles. The summed E-state index contributed by atoms with van der Waals surface area (Å²) in [5.74, 6) is 1.51. The van der Waals surface area contributed by atoms with E-state index < -0.39 is 0 Å². The van der Waals surface area contributed by atoms with Gasteiger partial charge in [0.1, 0.15) is 5.82 Å². The van der Waals surface area contributed by atoms with Crippen LogP contribution in [-0.4, -0.2) is 17.6 Å². The molecule has 0 saturated carbocycles. The number of aromatic nitrogens is 1. The van der Waals surface area contributed by atoms with Crippen molar-refractivity contribution in [1.82, 2.24) is 4.98 Å². The van der Waals surface area contributed by atoms with Crippen molar-refractivity contribution in [1.29, 1.82) is 0 Å². The van der Waals surface area contributed by atoms with E-state index in [4.69, 9.17) is 5.73 Å². The van der Waals surface area contributed by atoms with Crippen LogP contribution in [0.1, 0.15) is 32.4 Å². The molecule has 0 saturated heterocycles. The van der Waals surface area contributed by atoms with Crippen LogP contribution in [0.4, 0.5) is 5.82 Å². The third-order valence-electron chi connectivity index (χ3n) is 3.06. The fraction of sp³-hybridized carbons (Fsp3) is 0.615. The van der Waals surface area contributed by atoms with Gasteiger partial charge in [-0.15, -0.1) is 0 Å². The smallest absolute Gasteiger partial charge is 0.126 e. The zero-order valence-corrected chi connectivity index (χ0v) is 10.5. The van der Waals surface area contributed by atoms with Crippen molar-refractivity contribution >= 4 is 5.82 Å². The average Bonchev–Trinajstić information content (AvgIpc) is 2.28. The van der Waals surface area contributed by atoms with Gasteiger partial charge in [0.15, 0.2) is 0 Å². The van der Waals surface area contributed by atoms with Crippen molar-refractivity contribution in [3.8, 4) is 0 Å². The molecule has 0 aromatic carbocycles. The maximum Gasteiger partial charge on any atom is 0.126 e. The second-order valence-corrected chi connectivity index (χ2v) is 4.29. The molecule has 0 radical (unpaired) electrons. The van der Waals surface area contributed by atoms with Crippen LogP contribution < -0.4 is 11.1 Å². The average molecular weight is 221 g/mol. The molecule has 0 fully saturated rings. The summed E-state index contributed by atoms with van der Waals surface area (Å²) < 4.78 is 0. The van der Waals surface area contributed by atoms with Crippen LogP contribution in [0.25, 0.3) is 0 Å². The molecule has 3 nitrogen and oxygen atoms in total. The SMILES string of the molecule is CCC(CC)C(N)CNc1cccc(C)n1. The molecule has 1 atom stereocenters. The Bertz CT molecular complexity index is 308. The Morgan fingerprint density at radius 2 is 2.00 bits per heavy atom. The minimum Gasteiger partial charge on any atom is -0.369 e. The van der Waals surface area contributed by atoms with Crippen molar-refractivity contribution in [3.63, 3.8) is 0 Å². The quantitative estimate of drug-likeness (QED) is 0.776. The van der Waals surface area contributed by atoms with E-state index >= 15 is 0 Å². The van der Waals surface area contributed by atoms with Gasteiger partial charge in [-0.2, -0.15) is 0 Å². The van der Waals surface area contributed by atoms with E-state index in [2.05, 4.69) is 24.1 Å². The van der Waals surface area contributed by atoms with E-state index in [0.717, 1.165) is 30.9 Å². The molecular formula is C13H23N3. The number of nitrogens with zero attached hydrogens (tertiary/aromatic N) is 1. The molecule has 1 rings (SSSR count). The molecule has 3 heteroatoms. The number of rotatable bonds is 6. The van der Waals surface area contributed by atoms with E-state index in [1.165, 1.54) is 0 Å². The van der Waals surface area contributed by atoms with E-state index in [1.54, 1.807) is 0 Å². The Kier molecular flexibility index (Phi) is 5.26. The first kappa shape index (κ1) is 13.0. The number of hydrogen-bond donors (Lipinski definition) is 2. The van der Waals surface area contributed by atoms with Crippen molar-refractivity contribution < 1.29 is 0 Å². The number of hydrogen-bond acceptors (Lipinski definition) is 3. The first-order valence-corrected chi connectivity index (χ1v) is 6.10. The van der Waals surface area contributed by atoms with Gasteiger partial charge < -0.3 is 11.1 Å². The number of nitrogens with one attached hydrogen (secondary N) is 1. The van der Waals surface area contributed by atoms with Gasteiger partial charge in [0.2, 0.25) is 0 Å². The van der Waals surface area contributed by atoms with Crippen LogP contribution in [0.2, 0.25) is 0 Å². The Morgan fingerprint density at radius 3 is 2.56 bits per heavy atom. The Hall–Kier alpha value is -1.09. The lowest BCUT2D eigenvalue weighted by Crippen LogP contribution is -2.36. The highest BCUT2D eigenvalue weighted by molar-refractivity contribution is 5.35. The molecule has 0 aliphatic rings. The predicted octanol–water partition coefficient (Wildman–Crippen LogP) is 2.57. The van der Waals surface area contributed by atoms with Crippen molar-refractivity contribution in [2.75, 3.05) is 11.9 Å². The Balaban J connectivity index is 2.45. The van der Waals surface area contributed by atoms with Gasteiger partial charge >= 0.3 is 0 Å². The lowest BCUT2D eigenvalue weighted by molar-refractivity contribution is 0.407. The van der Waals surface area contributed by atoms with Gasteiger partial charge in [0, 0.05) is 18.3 Å². The zero-order valence-electron chi connectivity index (χ0n) is 10.5. The molecule has 1 unspecified atom stereocenters. The number of nitrogens with two attached hydrogens (primary N) is 1. The third-order valence-corrected chi connectivity index (χ3v) is 3.06. The zero-order chi connectivity index (χ0) is 12.0. The third kappa shape index (κ3) is 3.81. The molecule has 1 heterocycles. The maximum atomic E-state index is 6.13. The fourth-order valence-corrected chi connectivity index (χ4v) is 1.92. The van der Waals surface area contributed by atoms with E-state index in [-0.39, 0.29) is 6.04 Å². The van der Waals surface area contributed by atoms with Crippen LogP contribution in [-0.2, 0) is 0 Å². The summed E-state index contributed by atoms with van der Waals surface area (Å²) in [4.78, 5) is 4.39. The largest absolute Gasteiger partial charge is 0.369 e. The van der Waals surface area contributed by atoms with Gasteiger partial charge in [-0.25, -0.2) is 4.98 Å². The fourth-order valence-electron chi connectivity index (χ4n) is 1.92. The van der Waals surface area contributed by atoms with Gasteiger partial charge in [-0.05, 0) is 25.0 Å². The van der Waals surface area contributed by atoms with Crippen LogP contribution in [0, 0.1) is 12.8 Å². The normalized spacial score (nSPS) is 12.8. The molecule has 0 amide bonds. The maximum absolute atomic E-state index is 6.13. The lowest BCUT2D eigenvalue weighted by atomic mass is 9.95. The van der Waals surface area contributed by atoms with Gasteiger partial charge in [0.25, 0.3) is 0 Å². The van der Waals surface area contributed by atoms with Gasteiger partial charge in [0.05, 0.1) is 0 Å². The second-order valence-electron chi connectivity index (χ2n) is 4.29. The molecular weight excluding hydrogens is 198 g/mol. The summed E-state index contributed by atoms with van der Waals surface area (Å²) in [6.07, 6.45) is 2.28. The molecule has 16 heavy (non-hydrogen) atoms. The van der Waals surface area contributed by atoms with Crippen molar-refractivity contribution in [2.45, 2.75) is 39.7 Å². The Morgan fingerprint density at radius 1 is 1.31 bits per heavy atom. The first-order chi connectivity index (χ1) is 7.67. The van der Waals surface area contributed by atoms with Crippen LogP contribution >= 0.6 is 0 Å². The molecule has 3 N–H and O–H groups in total. The van der Waals surface area contributed by atoms with Crippen LogP contribution in [0.5, 0.6) is 0 Å². The topological polar surface area (TPSA) is 50.9 Å². The van der Waals surface area contributed by atoms with E-state index in [9.17, 15) is 0 Å². The lowest BCUT2D eigenvalue weighted by Gasteiger charge is -2.21. The minimum absolute atomic E-state index is 0.206. The molecule has 0 bridgehead atoms. The monoisotopic (exact) mass is 221 g/mol. The molecule has 0 aliphatic carbocycles. The summed E-state index contributed by atoms with van der Waals surface area (Å²) in [7, 11) is 0. The molecule has 1 aromatic rings. The number of aryl methyl sites for hydroxylation is 1.